The third-order valence-corrected chi connectivity index (χ3v) is 2.06. The molecule has 0 bridgehead atoms. The van der Waals surface area contributed by atoms with Crippen LogP contribution in [-0.2, 0) is 0 Å². The summed E-state index contributed by atoms with van der Waals surface area (Å²) in [4.78, 5) is 0. The Balaban J connectivity index is 0. The first-order valence-corrected chi connectivity index (χ1v) is 6.12. The van der Waals surface area contributed by atoms with E-state index in [4.69, 9.17) is 0 Å². The van der Waals surface area contributed by atoms with E-state index in [0.717, 1.165) is 6.54 Å². The third-order valence-electron chi connectivity index (χ3n) is 2.06. The van der Waals surface area contributed by atoms with Gasteiger partial charge in [0.25, 0.3) is 0 Å². The lowest BCUT2D eigenvalue weighted by molar-refractivity contribution is -0.368. The molecule has 3 N–H and O–H groups in total. The number of hydrogen-bond acceptors (Lipinski definition) is 0. The van der Waals surface area contributed by atoms with E-state index in [0.29, 0.717) is 0 Å². The minimum Gasteiger partial charge on any atom is -0.358 e. The van der Waals surface area contributed by atoms with Crippen molar-refractivity contribution in [3.8, 4) is 0 Å². The molecule has 0 saturated heterocycles. The van der Waals surface area contributed by atoms with Crippen LogP contribution in [-0.4, -0.2) is 6.54 Å². The largest absolute Gasteiger partial charge is 0.358 e. The van der Waals surface area contributed by atoms with Crippen LogP contribution >= 0.6 is 0 Å². The summed E-state index contributed by atoms with van der Waals surface area (Å²) in [5, 5.41) is 0. The van der Waals surface area contributed by atoms with Crippen molar-refractivity contribution in [2.45, 2.75) is 72.1 Å². The van der Waals surface area contributed by atoms with Crippen LogP contribution in [0.25, 0.3) is 0 Å². The fraction of sp³-hybridized carbons (Fsp3) is 1.00. The Hall–Kier alpha value is -0.0400. The van der Waals surface area contributed by atoms with Gasteiger partial charge in [-0.2, -0.15) is 0 Å². The second-order valence-corrected chi connectivity index (χ2v) is 3.62. The second kappa shape index (κ2) is 17.9. The zero-order chi connectivity index (χ0) is 10.4. The Labute approximate surface area is 85.1 Å². The van der Waals surface area contributed by atoms with Gasteiger partial charge in [0.05, 0.1) is 6.54 Å². The molecule has 0 unspecified atom stereocenters. The number of quaternary nitrogens is 1. The van der Waals surface area contributed by atoms with Crippen LogP contribution in [0.3, 0.4) is 0 Å². The first-order valence-electron chi connectivity index (χ1n) is 6.12. The average molecular weight is 188 g/mol. The van der Waals surface area contributed by atoms with Crippen LogP contribution in [0.2, 0.25) is 0 Å². The maximum Gasteiger partial charge on any atom is 0.0739 e. The smallest absolute Gasteiger partial charge is 0.0739 e. The summed E-state index contributed by atoms with van der Waals surface area (Å²) in [6.45, 7) is 7.80. The van der Waals surface area contributed by atoms with Gasteiger partial charge < -0.3 is 5.73 Å². The predicted octanol–water partition coefficient (Wildman–Crippen LogP) is 3.40. The van der Waals surface area contributed by atoms with Crippen molar-refractivity contribution in [3.63, 3.8) is 0 Å². The molecule has 1 heteroatoms. The minimum absolute atomic E-state index is 1.11. The van der Waals surface area contributed by atoms with Gasteiger partial charge in [0, 0.05) is 0 Å². The van der Waals surface area contributed by atoms with Crippen LogP contribution in [0.5, 0.6) is 0 Å². The van der Waals surface area contributed by atoms with E-state index in [1.165, 1.54) is 51.4 Å². The average Bonchev–Trinajstić information content (AvgIpc) is 2.17. The fourth-order valence-electron chi connectivity index (χ4n) is 1.10. The van der Waals surface area contributed by atoms with Gasteiger partial charge in [-0.3, -0.25) is 0 Å². The third kappa shape index (κ3) is 24.5. The van der Waals surface area contributed by atoms with Crippen LogP contribution < -0.4 is 5.73 Å². The molecule has 0 heterocycles. The predicted molar refractivity (Wildman–Crippen MR) is 61.7 cm³/mol. The highest BCUT2D eigenvalue weighted by molar-refractivity contribution is 4.35. The quantitative estimate of drug-likeness (QED) is 0.593. The van der Waals surface area contributed by atoms with Crippen LogP contribution in [0.1, 0.15) is 72.1 Å². The van der Waals surface area contributed by atoms with E-state index < -0.39 is 0 Å². The maximum absolute atomic E-state index is 3.76. The molecule has 0 rings (SSSR count). The molecule has 1 nitrogen and oxygen atoms in total. The molecule has 0 saturated carbocycles. The number of unbranched alkanes of at least 4 members (excludes halogenated alkanes) is 6. The highest BCUT2D eigenvalue weighted by Gasteiger charge is 1.82. The number of rotatable bonds is 7. The monoisotopic (exact) mass is 188 g/mol. The lowest BCUT2D eigenvalue weighted by Gasteiger charge is -1.89. The molecular weight excluding hydrogens is 158 g/mol. The molecule has 0 aliphatic rings. The molecule has 0 amide bonds. The SMILES string of the molecule is CCCCCC.CCCCCC[NH3+]. The minimum atomic E-state index is 1.11. The first-order chi connectivity index (χ1) is 6.33. The van der Waals surface area contributed by atoms with Gasteiger partial charge >= 0.3 is 0 Å². The topological polar surface area (TPSA) is 27.6 Å². The lowest BCUT2D eigenvalue weighted by atomic mass is 10.2. The summed E-state index contributed by atoms with van der Waals surface area (Å²) < 4.78 is 0. The molecule has 0 atom stereocenters. The molecule has 0 aromatic heterocycles. The Morgan fingerprint density at radius 1 is 0.615 bits per heavy atom. The van der Waals surface area contributed by atoms with Gasteiger partial charge in [0.15, 0.2) is 0 Å². The highest BCUT2D eigenvalue weighted by Crippen LogP contribution is 1.95. The van der Waals surface area contributed by atoms with Gasteiger partial charge in [0.1, 0.15) is 0 Å². The van der Waals surface area contributed by atoms with E-state index in [1.54, 1.807) is 0 Å². The molecular formula is C12H30N+. The van der Waals surface area contributed by atoms with Crippen LogP contribution in [0, 0.1) is 0 Å². The Morgan fingerprint density at radius 2 is 1.00 bits per heavy atom. The molecule has 0 aliphatic heterocycles. The molecule has 0 radical (unpaired) electrons. The van der Waals surface area contributed by atoms with Crippen LogP contribution in [0.15, 0.2) is 0 Å². The van der Waals surface area contributed by atoms with Gasteiger partial charge in [-0.25, -0.2) is 0 Å². The zero-order valence-electron chi connectivity index (χ0n) is 10.1. The highest BCUT2D eigenvalue weighted by atomic mass is 14.5. The van der Waals surface area contributed by atoms with Gasteiger partial charge in [-0.1, -0.05) is 59.3 Å². The van der Waals surface area contributed by atoms with Crippen molar-refractivity contribution in [2.75, 3.05) is 6.54 Å². The summed E-state index contributed by atoms with van der Waals surface area (Å²) in [6.07, 6.45) is 10.9. The first kappa shape index (κ1) is 15.4. The van der Waals surface area contributed by atoms with Crippen molar-refractivity contribution >= 4 is 0 Å². The number of hydrogen-bond donors (Lipinski definition) is 1. The van der Waals surface area contributed by atoms with E-state index >= 15 is 0 Å². The summed E-state index contributed by atoms with van der Waals surface area (Å²) in [6, 6.07) is 0. The van der Waals surface area contributed by atoms with Crippen molar-refractivity contribution < 1.29 is 5.73 Å². The standard InChI is InChI=1S/C6H15N.C6H14/c1-2-3-4-5-6-7;1-3-5-6-4-2/h2-7H2,1H3;3-6H2,1-2H3/p+1. The Kier molecular flexibility index (Phi) is 21.2. The molecule has 0 spiro atoms. The normalized spacial score (nSPS) is 9.23. The van der Waals surface area contributed by atoms with Crippen molar-refractivity contribution in [3.05, 3.63) is 0 Å². The molecule has 82 valence electrons. The van der Waals surface area contributed by atoms with E-state index in [1.807, 2.05) is 0 Å². The fourth-order valence-corrected chi connectivity index (χ4v) is 1.10. The molecule has 0 aromatic rings. The lowest BCUT2D eigenvalue weighted by Crippen LogP contribution is -2.50. The summed E-state index contributed by atoms with van der Waals surface area (Å²) in [5.41, 5.74) is 3.76. The summed E-state index contributed by atoms with van der Waals surface area (Å²) in [7, 11) is 0. The second-order valence-electron chi connectivity index (χ2n) is 3.62. The van der Waals surface area contributed by atoms with Gasteiger partial charge in [-0.05, 0) is 12.8 Å². The summed E-state index contributed by atoms with van der Waals surface area (Å²) in [5.74, 6) is 0. The van der Waals surface area contributed by atoms with E-state index in [2.05, 4.69) is 26.5 Å². The Morgan fingerprint density at radius 3 is 1.31 bits per heavy atom. The van der Waals surface area contributed by atoms with Gasteiger partial charge in [0.2, 0.25) is 0 Å². The zero-order valence-corrected chi connectivity index (χ0v) is 10.1. The molecule has 13 heavy (non-hydrogen) atoms. The van der Waals surface area contributed by atoms with E-state index in [-0.39, 0.29) is 0 Å². The summed E-state index contributed by atoms with van der Waals surface area (Å²) >= 11 is 0. The van der Waals surface area contributed by atoms with Crippen LogP contribution in [0.4, 0.5) is 0 Å². The van der Waals surface area contributed by atoms with Crippen molar-refractivity contribution in [1.29, 1.82) is 0 Å². The molecule has 0 fully saturated rings. The van der Waals surface area contributed by atoms with E-state index in [9.17, 15) is 0 Å². The Bertz CT molecular complexity index is 54.1. The molecule has 0 aliphatic carbocycles. The van der Waals surface area contributed by atoms with Crippen molar-refractivity contribution in [2.24, 2.45) is 0 Å². The molecule has 0 aromatic carbocycles. The van der Waals surface area contributed by atoms with Gasteiger partial charge in [-0.15, -0.1) is 0 Å². The maximum atomic E-state index is 3.76. The van der Waals surface area contributed by atoms with Crippen molar-refractivity contribution in [1.82, 2.24) is 0 Å².